The first kappa shape index (κ1) is 15.5. The third-order valence-corrected chi connectivity index (χ3v) is 4.73. The van der Waals surface area contributed by atoms with Crippen LogP contribution in [-0.4, -0.2) is 20.7 Å². The van der Waals surface area contributed by atoms with Crippen LogP contribution in [0.5, 0.6) is 0 Å². The largest absolute Gasteiger partial charge is 0.343 e. The summed E-state index contributed by atoms with van der Waals surface area (Å²) in [6.45, 7) is 2.63. The Morgan fingerprint density at radius 2 is 1.96 bits per heavy atom. The molecule has 0 fully saturated rings. The van der Waals surface area contributed by atoms with Crippen molar-refractivity contribution >= 4 is 33.3 Å². The minimum atomic E-state index is -0.175. The normalized spacial score (nSPS) is 10.9. The van der Waals surface area contributed by atoms with Crippen molar-refractivity contribution in [2.75, 3.05) is 5.32 Å². The minimum Gasteiger partial charge on any atom is -0.343 e. The molecule has 0 unspecified atom stereocenters. The van der Waals surface area contributed by atoms with E-state index in [0.717, 1.165) is 22.5 Å². The van der Waals surface area contributed by atoms with Crippen LogP contribution in [-0.2, 0) is 6.54 Å². The number of nitrogens with zero attached hydrogens (tertiary/aromatic N) is 3. The molecule has 1 N–H and O–H groups in total. The molecule has 5 nitrogen and oxygen atoms in total. The average molecular weight is 348 g/mol. The quantitative estimate of drug-likeness (QED) is 0.604. The average Bonchev–Trinajstić information content (AvgIpc) is 3.22. The van der Waals surface area contributed by atoms with E-state index < -0.39 is 0 Å². The molecule has 0 saturated carbocycles. The lowest BCUT2D eigenvalue weighted by Gasteiger charge is -2.07. The fourth-order valence-corrected chi connectivity index (χ4v) is 3.35. The number of rotatable bonds is 4. The highest BCUT2D eigenvalue weighted by Crippen LogP contribution is 2.21. The van der Waals surface area contributed by atoms with Gasteiger partial charge in [0.15, 0.2) is 0 Å². The van der Waals surface area contributed by atoms with Crippen molar-refractivity contribution in [3.8, 4) is 0 Å². The van der Waals surface area contributed by atoms with Crippen LogP contribution in [0.15, 0.2) is 60.8 Å². The van der Waals surface area contributed by atoms with Crippen molar-refractivity contribution in [3.63, 3.8) is 0 Å². The summed E-state index contributed by atoms with van der Waals surface area (Å²) < 4.78 is 2.15. The monoisotopic (exact) mass is 348 g/mol. The van der Waals surface area contributed by atoms with Gasteiger partial charge in [-0.2, -0.15) is 0 Å². The van der Waals surface area contributed by atoms with E-state index in [4.69, 9.17) is 0 Å². The zero-order chi connectivity index (χ0) is 17.2. The van der Waals surface area contributed by atoms with Crippen LogP contribution < -0.4 is 5.32 Å². The van der Waals surface area contributed by atoms with Gasteiger partial charge in [-0.3, -0.25) is 10.1 Å². The molecule has 4 rings (SSSR count). The van der Waals surface area contributed by atoms with Gasteiger partial charge in [-0.05, 0) is 36.1 Å². The molecule has 0 aliphatic rings. The number of carbonyl (C=O) groups excluding carboxylic acids is 1. The summed E-state index contributed by atoms with van der Waals surface area (Å²) in [6.07, 6.45) is 2.05. The number of hydrogen-bond donors (Lipinski definition) is 1. The fraction of sp³-hybridized carbons (Fsp3) is 0.105. The van der Waals surface area contributed by atoms with Gasteiger partial charge in [0, 0.05) is 23.8 Å². The van der Waals surface area contributed by atoms with E-state index in [0.29, 0.717) is 10.7 Å². The summed E-state index contributed by atoms with van der Waals surface area (Å²) in [4.78, 5) is 12.5. The van der Waals surface area contributed by atoms with Gasteiger partial charge in [-0.25, -0.2) is 0 Å². The van der Waals surface area contributed by atoms with Crippen molar-refractivity contribution in [2.24, 2.45) is 0 Å². The lowest BCUT2D eigenvalue weighted by Crippen LogP contribution is -2.11. The van der Waals surface area contributed by atoms with Crippen LogP contribution in [0.2, 0.25) is 0 Å². The Labute approximate surface area is 149 Å². The van der Waals surface area contributed by atoms with Crippen LogP contribution in [0.4, 0.5) is 5.13 Å². The van der Waals surface area contributed by atoms with E-state index in [1.807, 2.05) is 49.5 Å². The number of anilines is 1. The maximum Gasteiger partial charge on any atom is 0.257 e. The summed E-state index contributed by atoms with van der Waals surface area (Å²) in [5, 5.41) is 13.1. The van der Waals surface area contributed by atoms with E-state index in [2.05, 4.69) is 38.3 Å². The van der Waals surface area contributed by atoms with Gasteiger partial charge < -0.3 is 4.57 Å². The van der Waals surface area contributed by atoms with Crippen molar-refractivity contribution < 1.29 is 4.79 Å². The second kappa shape index (κ2) is 6.49. The predicted octanol–water partition coefficient (Wildman–Crippen LogP) is 4.10. The molecule has 6 heteroatoms. The van der Waals surface area contributed by atoms with Crippen molar-refractivity contribution in [1.82, 2.24) is 14.8 Å². The number of amides is 1. The zero-order valence-electron chi connectivity index (χ0n) is 13.6. The third kappa shape index (κ3) is 3.29. The van der Waals surface area contributed by atoms with E-state index in [1.165, 1.54) is 16.9 Å². The Hall–Kier alpha value is -2.99. The van der Waals surface area contributed by atoms with Crippen LogP contribution in [0.25, 0.3) is 10.9 Å². The van der Waals surface area contributed by atoms with Gasteiger partial charge in [0.1, 0.15) is 5.01 Å². The third-order valence-electron chi connectivity index (χ3n) is 3.98. The van der Waals surface area contributed by atoms with Crippen molar-refractivity contribution in [2.45, 2.75) is 13.5 Å². The summed E-state index contributed by atoms with van der Waals surface area (Å²) in [6, 6.07) is 18.0. The molecule has 0 radical (unpaired) electrons. The molecule has 0 aliphatic carbocycles. The molecule has 4 aromatic rings. The molecule has 0 spiro atoms. The Bertz CT molecular complexity index is 1040. The second-order valence-electron chi connectivity index (χ2n) is 5.78. The zero-order valence-corrected chi connectivity index (χ0v) is 14.5. The van der Waals surface area contributed by atoms with E-state index in [9.17, 15) is 4.79 Å². The highest BCUT2D eigenvalue weighted by Gasteiger charge is 2.11. The number of nitrogens with one attached hydrogen (secondary N) is 1. The van der Waals surface area contributed by atoms with E-state index in [-0.39, 0.29) is 5.91 Å². The summed E-state index contributed by atoms with van der Waals surface area (Å²) in [7, 11) is 0. The number of hydrogen-bond acceptors (Lipinski definition) is 4. The highest BCUT2D eigenvalue weighted by molar-refractivity contribution is 7.15. The van der Waals surface area contributed by atoms with Gasteiger partial charge in [-0.1, -0.05) is 47.7 Å². The van der Waals surface area contributed by atoms with Crippen LogP contribution in [0.1, 0.15) is 20.9 Å². The van der Waals surface area contributed by atoms with Gasteiger partial charge in [-0.15, -0.1) is 10.2 Å². The topological polar surface area (TPSA) is 59.8 Å². The molecule has 25 heavy (non-hydrogen) atoms. The lowest BCUT2D eigenvalue weighted by atomic mass is 10.1. The molecule has 2 aromatic carbocycles. The Morgan fingerprint density at radius 1 is 1.12 bits per heavy atom. The lowest BCUT2D eigenvalue weighted by molar-refractivity contribution is 0.102. The molecule has 2 aromatic heterocycles. The molecule has 2 heterocycles. The molecule has 0 bridgehead atoms. The smallest absolute Gasteiger partial charge is 0.257 e. The maximum atomic E-state index is 12.5. The molecular formula is C19H16N4OS. The number of carbonyl (C=O) groups is 1. The molecule has 0 saturated heterocycles. The molecular weight excluding hydrogens is 332 g/mol. The Balaban J connectivity index is 1.62. The summed E-state index contributed by atoms with van der Waals surface area (Å²) >= 11 is 1.36. The van der Waals surface area contributed by atoms with Gasteiger partial charge >= 0.3 is 0 Å². The first-order chi connectivity index (χ1) is 12.2. The van der Waals surface area contributed by atoms with E-state index in [1.54, 1.807) is 0 Å². The first-order valence-electron chi connectivity index (χ1n) is 7.93. The number of fused-ring (bicyclic) bond motifs is 1. The molecule has 0 atom stereocenters. The van der Waals surface area contributed by atoms with E-state index >= 15 is 0 Å². The second-order valence-corrected chi connectivity index (χ2v) is 6.96. The molecule has 1 amide bonds. The maximum absolute atomic E-state index is 12.5. The van der Waals surface area contributed by atoms with Gasteiger partial charge in [0.2, 0.25) is 5.13 Å². The summed E-state index contributed by atoms with van der Waals surface area (Å²) in [5.74, 6) is -0.175. The van der Waals surface area contributed by atoms with Gasteiger partial charge in [0.25, 0.3) is 5.91 Å². The number of aryl methyl sites for hydroxylation is 1. The number of benzene rings is 2. The highest BCUT2D eigenvalue weighted by atomic mass is 32.1. The van der Waals surface area contributed by atoms with Crippen LogP contribution in [0.3, 0.4) is 0 Å². The standard InChI is InChI=1S/C19H16N4OS/c1-13-21-22-19(25-13)20-18(24)16-8-7-15-9-10-23(17(15)11-16)12-14-5-3-2-4-6-14/h2-11H,12H2,1H3,(H,20,22,24). The Kier molecular flexibility index (Phi) is 4.03. The fourth-order valence-electron chi connectivity index (χ4n) is 2.76. The predicted molar refractivity (Wildman–Crippen MR) is 100 cm³/mol. The first-order valence-corrected chi connectivity index (χ1v) is 8.75. The number of aromatic nitrogens is 3. The minimum absolute atomic E-state index is 0.175. The molecule has 124 valence electrons. The molecule has 0 aliphatic heterocycles. The summed E-state index contributed by atoms with van der Waals surface area (Å²) in [5.41, 5.74) is 2.86. The van der Waals surface area contributed by atoms with Crippen molar-refractivity contribution in [1.29, 1.82) is 0 Å². The Morgan fingerprint density at radius 3 is 2.72 bits per heavy atom. The SMILES string of the molecule is Cc1nnc(NC(=O)c2ccc3ccn(Cc4ccccc4)c3c2)s1. The van der Waals surface area contributed by atoms with Crippen LogP contribution in [0, 0.1) is 6.92 Å². The van der Waals surface area contributed by atoms with Crippen LogP contribution >= 0.6 is 11.3 Å². The van der Waals surface area contributed by atoms with Gasteiger partial charge in [0.05, 0.1) is 0 Å². The van der Waals surface area contributed by atoms with Crippen molar-refractivity contribution in [3.05, 3.63) is 76.9 Å².